The summed E-state index contributed by atoms with van der Waals surface area (Å²) in [4.78, 5) is 45.1. The van der Waals surface area contributed by atoms with Gasteiger partial charge in [0.1, 0.15) is 11.4 Å². The van der Waals surface area contributed by atoms with Gasteiger partial charge in [0.25, 0.3) is 11.8 Å². The maximum absolute atomic E-state index is 13.6. The topological polar surface area (TPSA) is 128 Å². The lowest BCUT2D eigenvalue weighted by Gasteiger charge is -2.14. The van der Waals surface area contributed by atoms with Gasteiger partial charge in [0.2, 0.25) is 5.91 Å². The molecule has 0 radical (unpaired) electrons. The Morgan fingerprint density at radius 3 is 2.29 bits per heavy atom. The molecule has 0 aliphatic rings. The van der Waals surface area contributed by atoms with Crippen molar-refractivity contribution in [3.63, 3.8) is 0 Å². The lowest BCUT2D eigenvalue weighted by Crippen LogP contribution is -2.30. The molecule has 0 aliphatic heterocycles. The van der Waals surface area contributed by atoms with Crippen LogP contribution in [0.15, 0.2) is 113 Å². The van der Waals surface area contributed by atoms with E-state index in [0.29, 0.717) is 33.4 Å². The number of amides is 3. The van der Waals surface area contributed by atoms with Gasteiger partial charge in [-0.1, -0.05) is 30.3 Å². The summed E-state index contributed by atoms with van der Waals surface area (Å²) in [5.74, 6) is 0.565. The van der Waals surface area contributed by atoms with Crippen LogP contribution in [0.3, 0.4) is 0 Å². The molecule has 0 spiro atoms. The third-order valence-electron chi connectivity index (χ3n) is 7.14. The normalized spacial score (nSPS) is 11.6. The number of carbonyl (C=O) groups is 3. The molecule has 10 nitrogen and oxygen atoms in total. The first kappa shape index (κ1) is 34.7. The van der Waals surface area contributed by atoms with Crippen LogP contribution in [0.2, 0.25) is 0 Å². The number of hydrogen-bond acceptors (Lipinski definition) is 9. The number of rotatable bonds is 13. The van der Waals surface area contributed by atoms with Crippen LogP contribution in [0, 0.1) is 0 Å². The predicted molar refractivity (Wildman–Crippen MR) is 195 cm³/mol. The van der Waals surface area contributed by atoms with Crippen molar-refractivity contribution in [2.24, 2.45) is 0 Å². The zero-order valence-electron chi connectivity index (χ0n) is 27.2. The van der Waals surface area contributed by atoms with Crippen LogP contribution in [0.1, 0.15) is 22.8 Å². The second kappa shape index (κ2) is 16.5. The van der Waals surface area contributed by atoms with Crippen molar-refractivity contribution in [2.45, 2.75) is 17.1 Å². The molecule has 12 heteroatoms. The first-order valence-electron chi connectivity index (χ1n) is 15.0. The maximum atomic E-state index is 13.6. The Morgan fingerprint density at radius 2 is 1.57 bits per heavy atom. The standard InChI is InChI=1S/C37H34N4O6S2/c1-23(34(42)41-37-40-31(22-48-37)25-14-16-28(45-2)17-15-25)49-29-12-8-11-27(21-29)38-36(44)30(39-35(43)26-9-6-5-7-10-26)19-24-13-18-32(46-3)33(20-24)47-4/h5-23H,1-4H3,(H,38,44)(H,39,43)(H,40,41,42)/b30-19+. The fourth-order valence-electron chi connectivity index (χ4n) is 4.59. The molecular formula is C37H34N4O6S2. The number of thioether (sulfide) groups is 1. The first-order valence-corrected chi connectivity index (χ1v) is 16.8. The summed E-state index contributed by atoms with van der Waals surface area (Å²) in [5.41, 5.74) is 3.18. The smallest absolute Gasteiger partial charge is 0.272 e. The lowest BCUT2D eigenvalue weighted by atomic mass is 10.1. The lowest BCUT2D eigenvalue weighted by molar-refractivity contribution is -0.115. The highest BCUT2D eigenvalue weighted by atomic mass is 32.2. The van der Waals surface area contributed by atoms with Crippen molar-refractivity contribution in [3.8, 4) is 28.5 Å². The number of aromatic nitrogens is 1. The van der Waals surface area contributed by atoms with Crippen molar-refractivity contribution in [3.05, 3.63) is 119 Å². The number of carbonyl (C=O) groups excluding carboxylic acids is 3. The van der Waals surface area contributed by atoms with Crippen molar-refractivity contribution in [2.75, 3.05) is 32.0 Å². The van der Waals surface area contributed by atoms with Gasteiger partial charge in [-0.15, -0.1) is 23.1 Å². The van der Waals surface area contributed by atoms with Crippen molar-refractivity contribution in [1.82, 2.24) is 10.3 Å². The van der Waals surface area contributed by atoms with Crippen LogP contribution in [0.4, 0.5) is 10.8 Å². The van der Waals surface area contributed by atoms with Gasteiger partial charge in [0.15, 0.2) is 16.6 Å². The summed E-state index contributed by atoms with van der Waals surface area (Å²) in [6.45, 7) is 1.80. The quantitative estimate of drug-likeness (QED) is 0.0862. The van der Waals surface area contributed by atoms with E-state index in [-0.39, 0.29) is 11.6 Å². The number of methoxy groups -OCH3 is 3. The summed E-state index contributed by atoms with van der Waals surface area (Å²) in [6, 6.07) is 28.5. The molecule has 0 saturated carbocycles. The molecule has 1 atom stereocenters. The zero-order valence-corrected chi connectivity index (χ0v) is 28.8. The molecule has 5 rings (SSSR count). The Labute approximate surface area is 292 Å². The van der Waals surface area contributed by atoms with Gasteiger partial charge in [0, 0.05) is 27.1 Å². The molecule has 49 heavy (non-hydrogen) atoms. The van der Waals surface area contributed by atoms with Crippen LogP contribution in [-0.2, 0) is 9.59 Å². The molecule has 0 aliphatic carbocycles. The molecule has 0 saturated heterocycles. The van der Waals surface area contributed by atoms with E-state index in [1.807, 2.05) is 35.7 Å². The Hall–Kier alpha value is -5.59. The Kier molecular flexibility index (Phi) is 11.7. The van der Waals surface area contributed by atoms with Gasteiger partial charge in [0.05, 0.1) is 32.3 Å². The number of ether oxygens (including phenoxy) is 3. The highest BCUT2D eigenvalue weighted by Crippen LogP contribution is 2.31. The average molecular weight is 695 g/mol. The highest BCUT2D eigenvalue weighted by molar-refractivity contribution is 8.00. The van der Waals surface area contributed by atoms with Crippen LogP contribution >= 0.6 is 23.1 Å². The van der Waals surface area contributed by atoms with E-state index >= 15 is 0 Å². The van der Waals surface area contributed by atoms with Crippen LogP contribution in [0.5, 0.6) is 17.2 Å². The van der Waals surface area contributed by atoms with Gasteiger partial charge in [-0.05, 0) is 85.3 Å². The van der Waals surface area contributed by atoms with E-state index in [1.54, 1.807) is 86.8 Å². The maximum Gasteiger partial charge on any atom is 0.272 e. The Morgan fingerprint density at radius 1 is 0.816 bits per heavy atom. The summed E-state index contributed by atoms with van der Waals surface area (Å²) in [6.07, 6.45) is 1.56. The van der Waals surface area contributed by atoms with E-state index in [9.17, 15) is 14.4 Å². The van der Waals surface area contributed by atoms with Gasteiger partial charge in [-0.3, -0.25) is 14.4 Å². The molecule has 3 amide bonds. The van der Waals surface area contributed by atoms with Gasteiger partial charge < -0.3 is 30.2 Å². The number of nitrogens with one attached hydrogen (secondary N) is 3. The largest absolute Gasteiger partial charge is 0.497 e. The molecule has 4 aromatic carbocycles. The summed E-state index contributed by atoms with van der Waals surface area (Å²) < 4.78 is 15.9. The predicted octanol–water partition coefficient (Wildman–Crippen LogP) is 7.36. The third-order valence-corrected chi connectivity index (χ3v) is 8.99. The molecule has 0 bridgehead atoms. The summed E-state index contributed by atoms with van der Waals surface area (Å²) in [5, 5.41) is 10.4. The number of benzene rings is 4. The average Bonchev–Trinajstić information content (AvgIpc) is 3.60. The fourth-order valence-corrected chi connectivity index (χ4v) is 6.24. The van der Waals surface area contributed by atoms with Gasteiger partial charge in [-0.25, -0.2) is 4.98 Å². The van der Waals surface area contributed by atoms with E-state index in [4.69, 9.17) is 14.2 Å². The highest BCUT2D eigenvalue weighted by Gasteiger charge is 2.19. The Bertz CT molecular complexity index is 1960. The first-order chi connectivity index (χ1) is 23.8. The number of anilines is 2. The van der Waals surface area contributed by atoms with Crippen molar-refractivity contribution < 1.29 is 28.6 Å². The third kappa shape index (κ3) is 9.28. The van der Waals surface area contributed by atoms with E-state index < -0.39 is 17.1 Å². The molecule has 1 unspecified atom stereocenters. The number of hydrogen-bond donors (Lipinski definition) is 3. The fraction of sp³-hybridized carbons (Fsp3) is 0.135. The van der Waals surface area contributed by atoms with Gasteiger partial charge >= 0.3 is 0 Å². The molecule has 1 heterocycles. The number of nitrogens with zero attached hydrogens (tertiary/aromatic N) is 1. The molecule has 5 aromatic rings. The second-order valence-corrected chi connectivity index (χ2v) is 12.8. The van der Waals surface area contributed by atoms with Gasteiger partial charge in [-0.2, -0.15) is 0 Å². The minimum Gasteiger partial charge on any atom is -0.497 e. The van der Waals surface area contributed by atoms with Crippen LogP contribution in [0.25, 0.3) is 17.3 Å². The minimum absolute atomic E-state index is 0.0179. The van der Waals surface area contributed by atoms with Crippen molar-refractivity contribution >= 4 is 57.7 Å². The monoisotopic (exact) mass is 694 g/mol. The van der Waals surface area contributed by atoms with Crippen LogP contribution < -0.4 is 30.2 Å². The summed E-state index contributed by atoms with van der Waals surface area (Å²) in [7, 11) is 4.67. The van der Waals surface area contributed by atoms with E-state index in [0.717, 1.165) is 21.9 Å². The molecule has 1 aromatic heterocycles. The van der Waals surface area contributed by atoms with E-state index in [1.165, 1.54) is 37.3 Å². The Balaban J connectivity index is 1.27. The van der Waals surface area contributed by atoms with Crippen LogP contribution in [-0.4, -0.2) is 49.3 Å². The molecular weight excluding hydrogens is 661 g/mol. The van der Waals surface area contributed by atoms with E-state index in [2.05, 4.69) is 20.9 Å². The summed E-state index contributed by atoms with van der Waals surface area (Å²) >= 11 is 2.68. The molecule has 250 valence electrons. The number of thiazole rings is 1. The van der Waals surface area contributed by atoms with Crippen molar-refractivity contribution in [1.29, 1.82) is 0 Å². The zero-order chi connectivity index (χ0) is 34.8. The second-order valence-electron chi connectivity index (χ2n) is 10.5. The SMILES string of the molecule is COc1ccc(-c2csc(NC(=O)C(C)Sc3cccc(NC(=O)/C(=C\c4ccc(OC)c(OC)c4)NC(=O)c4ccccc4)c3)n2)cc1. The molecule has 3 N–H and O–H groups in total. The minimum atomic E-state index is -0.538. The molecule has 0 fully saturated rings.